The molecule has 1 aliphatic heterocycles. The maximum Gasteiger partial charge on any atom is 0.123 e. The van der Waals surface area contributed by atoms with E-state index in [2.05, 4.69) is 10.2 Å². The van der Waals surface area contributed by atoms with E-state index in [0.29, 0.717) is 0 Å². The molecule has 1 saturated heterocycles. The highest BCUT2D eigenvalue weighted by Crippen LogP contribution is 2.06. The minimum absolute atomic E-state index is 0. The van der Waals surface area contributed by atoms with Crippen molar-refractivity contribution >= 4 is 12.4 Å². The molecule has 1 aromatic carbocycles. The molecule has 15 heavy (non-hydrogen) atoms. The minimum atomic E-state index is -0.158. The predicted octanol–water partition coefficient (Wildman–Crippen LogP) is 1.65. The summed E-state index contributed by atoms with van der Waals surface area (Å²) in [6.45, 7) is 5.21. The first-order chi connectivity index (χ1) is 6.84. The van der Waals surface area contributed by atoms with Crippen LogP contribution in [0.1, 0.15) is 5.56 Å². The van der Waals surface area contributed by atoms with Crippen molar-refractivity contribution in [2.45, 2.75) is 6.54 Å². The Morgan fingerprint density at radius 2 is 1.73 bits per heavy atom. The van der Waals surface area contributed by atoms with Crippen molar-refractivity contribution < 1.29 is 4.39 Å². The number of nitrogens with zero attached hydrogens (tertiary/aromatic N) is 1. The van der Waals surface area contributed by atoms with Gasteiger partial charge in [-0.15, -0.1) is 12.4 Å². The third-order valence-corrected chi connectivity index (χ3v) is 2.53. The zero-order valence-corrected chi connectivity index (χ0v) is 9.39. The second-order valence-corrected chi connectivity index (χ2v) is 3.65. The monoisotopic (exact) mass is 230 g/mol. The van der Waals surface area contributed by atoms with Crippen LogP contribution in [-0.2, 0) is 6.54 Å². The van der Waals surface area contributed by atoms with Crippen molar-refractivity contribution in [2.24, 2.45) is 0 Å². The van der Waals surface area contributed by atoms with Gasteiger partial charge >= 0.3 is 0 Å². The number of hydrogen-bond acceptors (Lipinski definition) is 2. The Balaban J connectivity index is 0.00000112. The molecule has 1 fully saturated rings. The average Bonchev–Trinajstić information content (AvgIpc) is 2.23. The molecular weight excluding hydrogens is 215 g/mol. The number of benzene rings is 1. The lowest BCUT2D eigenvalue weighted by atomic mass is 10.2. The highest BCUT2D eigenvalue weighted by atomic mass is 35.5. The zero-order valence-electron chi connectivity index (χ0n) is 8.58. The summed E-state index contributed by atoms with van der Waals surface area (Å²) >= 11 is 0. The highest BCUT2D eigenvalue weighted by Gasteiger charge is 2.09. The molecule has 0 amide bonds. The van der Waals surface area contributed by atoms with E-state index >= 15 is 0 Å². The molecule has 2 nitrogen and oxygen atoms in total. The number of nitrogens with one attached hydrogen (secondary N) is 1. The van der Waals surface area contributed by atoms with Crippen LogP contribution in [0.25, 0.3) is 0 Å². The first-order valence-electron chi connectivity index (χ1n) is 5.02. The minimum Gasteiger partial charge on any atom is -0.314 e. The van der Waals surface area contributed by atoms with Gasteiger partial charge in [0.1, 0.15) is 5.82 Å². The van der Waals surface area contributed by atoms with Crippen molar-refractivity contribution in [1.82, 2.24) is 10.2 Å². The Morgan fingerprint density at radius 3 is 2.33 bits per heavy atom. The van der Waals surface area contributed by atoms with Gasteiger partial charge in [0, 0.05) is 32.7 Å². The molecule has 0 radical (unpaired) electrons. The van der Waals surface area contributed by atoms with Crippen molar-refractivity contribution in [2.75, 3.05) is 26.2 Å². The van der Waals surface area contributed by atoms with Gasteiger partial charge in [-0.2, -0.15) is 0 Å². The lowest BCUT2D eigenvalue weighted by Crippen LogP contribution is -2.42. The summed E-state index contributed by atoms with van der Waals surface area (Å²) in [5.41, 5.74) is 1.19. The molecule has 0 aliphatic carbocycles. The molecule has 0 saturated carbocycles. The molecule has 0 aromatic heterocycles. The van der Waals surface area contributed by atoms with Crippen molar-refractivity contribution in [3.8, 4) is 0 Å². The number of rotatable bonds is 2. The Labute approximate surface area is 95.9 Å². The first kappa shape index (κ1) is 12.4. The molecular formula is C11H16ClFN2. The summed E-state index contributed by atoms with van der Waals surface area (Å²) < 4.78 is 12.6. The molecule has 0 atom stereocenters. The van der Waals surface area contributed by atoms with Crippen molar-refractivity contribution in [3.05, 3.63) is 35.6 Å². The van der Waals surface area contributed by atoms with Gasteiger partial charge in [-0.3, -0.25) is 4.90 Å². The van der Waals surface area contributed by atoms with E-state index in [4.69, 9.17) is 0 Å². The third-order valence-electron chi connectivity index (χ3n) is 2.53. The third kappa shape index (κ3) is 3.78. The molecule has 0 bridgehead atoms. The van der Waals surface area contributed by atoms with Crippen LogP contribution in [0.3, 0.4) is 0 Å². The fraction of sp³-hybridized carbons (Fsp3) is 0.455. The van der Waals surface area contributed by atoms with Gasteiger partial charge in [-0.25, -0.2) is 4.39 Å². The van der Waals surface area contributed by atoms with E-state index in [9.17, 15) is 4.39 Å². The van der Waals surface area contributed by atoms with E-state index in [1.165, 1.54) is 17.7 Å². The van der Waals surface area contributed by atoms with Crippen molar-refractivity contribution in [3.63, 3.8) is 0 Å². The van der Waals surface area contributed by atoms with Gasteiger partial charge in [-0.1, -0.05) is 12.1 Å². The largest absolute Gasteiger partial charge is 0.314 e. The van der Waals surface area contributed by atoms with Gasteiger partial charge in [0.15, 0.2) is 0 Å². The number of halogens is 2. The fourth-order valence-electron chi connectivity index (χ4n) is 1.72. The summed E-state index contributed by atoms with van der Waals surface area (Å²) in [5.74, 6) is -0.158. The molecule has 1 N–H and O–H groups in total. The van der Waals surface area contributed by atoms with Crippen LogP contribution in [0, 0.1) is 5.82 Å². The van der Waals surface area contributed by atoms with Crippen LogP contribution in [0.2, 0.25) is 0 Å². The summed E-state index contributed by atoms with van der Waals surface area (Å²) in [7, 11) is 0. The summed E-state index contributed by atoms with van der Waals surface area (Å²) in [6.07, 6.45) is 0. The van der Waals surface area contributed by atoms with Crippen LogP contribution in [0.15, 0.2) is 24.3 Å². The van der Waals surface area contributed by atoms with Gasteiger partial charge < -0.3 is 5.32 Å². The average molecular weight is 231 g/mol. The topological polar surface area (TPSA) is 15.3 Å². The standard InChI is InChI=1S/C11H15FN2.ClH/c12-11-3-1-10(2-4-11)9-14-7-5-13-6-8-14;/h1-4,13H,5-9H2;1H. The van der Waals surface area contributed by atoms with E-state index in [1.807, 2.05) is 12.1 Å². The molecule has 1 heterocycles. The maximum absolute atomic E-state index is 12.6. The highest BCUT2D eigenvalue weighted by molar-refractivity contribution is 5.85. The maximum atomic E-state index is 12.6. The van der Waals surface area contributed by atoms with Gasteiger partial charge in [-0.05, 0) is 17.7 Å². The zero-order chi connectivity index (χ0) is 9.80. The van der Waals surface area contributed by atoms with Crippen molar-refractivity contribution in [1.29, 1.82) is 0 Å². The quantitative estimate of drug-likeness (QED) is 0.831. The van der Waals surface area contributed by atoms with Crippen LogP contribution in [0.4, 0.5) is 4.39 Å². The van der Waals surface area contributed by atoms with Gasteiger partial charge in [0.2, 0.25) is 0 Å². The lowest BCUT2D eigenvalue weighted by molar-refractivity contribution is 0.233. The molecule has 4 heteroatoms. The first-order valence-corrected chi connectivity index (χ1v) is 5.02. The SMILES string of the molecule is Cl.Fc1ccc(CN2CCNCC2)cc1. The number of piperazine rings is 1. The summed E-state index contributed by atoms with van der Waals surface area (Å²) in [6, 6.07) is 6.77. The molecule has 0 unspecified atom stereocenters. The normalized spacial score (nSPS) is 17.1. The van der Waals surface area contributed by atoms with E-state index < -0.39 is 0 Å². The Kier molecular flexibility index (Phi) is 5.02. The molecule has 84 valence electrons. The summed E-state index contributed by atoms with van der Waals surface area (Å²) in [5, 5.41) is 3.31. The molecule has 0 spiro atoms. The van der Waals surface area contributed by atoms with Crippen LogP contribution in [0.5, 0.6) is 0 Å². The Bertz CT molecular complexity index is 283. The van der Waals surface area contributed by atoms with Crippen LogP contribution in [-0.4, -0.2) is 31.1 Å². The Morgan fingerprint density at radius 1 is 1.13 bits per heavy atom. The van der Waals surface area contributed by atoms with Gasteiger partial charge in [0.05, 0.1) is 0 Å². The summed E-state index contributed by atoms with van der Waals surface area (Å²) in [4.78, 5) is 2.38. The number of hydrogen-bond donors (Lipinski definition) is 1. The second kappa shape index (κ2) is 6.05. The van der Waals surface area contributed by atoms with Gasteiger partial charge in [0.25, 0.3) is 0 Å². The Hall–Kier alpha value is -0.640. The fourth-order valence-corrected chi connectivity index (χ4v) is 1.72. The van der Waals surface area contributed by atoms with Crippen LogP contribution >= 0.6 is 12.4 Å². The smallest absolute Gasteiger partial charge is 0.123 e. The molecule has 1 aliphatic rings. The van der Waals surface area contributed by atoms with E-state index in [-0.39, 0.29) is 18.2 Å². The predicted molar refractivity (Wildman–Crippen MR) is 61.8 cm³/mol. The van der Waals surface area contributed by atoms with E-state index in [1.54, 1.807) is 0 Å². The lowest BCUT2D eigenvalue weighted by Gasteiger charge is -2.27. The molecule has 2 rings (SSSR count). The molecule has 1 aromatic rings. The van der Waals surface area contributed by atoms with E-state index in [0.717, 1.165) is 32.7 Å². The second-order valence-electron chi connectivity index (χ2n) is 3.65. The van der Waals surface area contributed by atoms with Crippen LogP contribution < -0.4 is 5.32 Å².